The molecule has 0 aromatic heterocycles. The van der Waals surface area contributed by atoms with Crippen molar-refractivity contribution in [2.45, 2.75) is 0 Å². The van der Waals surface area contributed by atoms with Crippen LogP contribution in [0.4, 0.5) is 0 Å². The number of nitrogens with two attached hydrogens (primary N) is 1. The van der Waals surface area contributed by atoms with Gasteiger partial charge in [-0.25, -0.2) is 4.99 Å². The normalized spacial score (nSPS) is 13.6. The minimum Gasteiger partial charge on any atom is -0.374 e. The van der Waals surface area contributed by atoms with Crippen molar-refractivity contribution in [3.8, 4) is 0 Å². The Hall–Kier alpha value is -0.470. The Kier molecular flexibility index (Phi) is 4.18. The van der Waals surface area contributed by atoms with Gasteiger partial charge in [-0.05, 0) is 17.7 Å². The molecular weight excluding hydrogens is 159 g/mol. The smallest absolute Gasteiger partial charge is 0.194 e. The highest BCUT2D eigenvalue weighted by atomic mass is 35.5. The van der Waals surface area contributed by atoms with E-state index < -0.39 is 0 Å². The predicted octanol–water partition coefficient (Wildman–Crippen LogP) is 1.81. The Morgan fingerprint density at radius 2 is 2.11 bits per heavy atom. The topological polar surface area (TPSA) is 38.4 Å². The van der Waals surface area contributed by atoms with Crippen LogP contribution in [0.15, 0.2) is 28.9 Å². The van der Waals surface area contributed by atoms with Crippen LogP contribution in [0.3, 0.4) is 0 Å². The van der Waals surface area contributed by atoms with E-state index in [1.165, 1.54) is 12.2 Å². The summed E-state index contributed by atoms with van der Waals surface area (Å²) in [7, 11) is 0. The van der Waals surface area contributed by atoms with Crippen LogP contribution in [-0.4, -0.2) is 5.29 Å². The van der Waals surface area contributed by atoms with Crippen molar-refractivity contribution < 1.29 is 0 Å². The lowest BCUT2D eigenvalue weighted by molar-refractivity contribution is 1.49. The van der Waals surface area contributed by atoms with Gasteiger partial charge in [-0.2, -0.15) is 0 Å². The molecule has 0 aliphatic carbocycles. The van der Waals surface area contributed by atoms with Crippen molar-refractivity contribution >= 4 is 28.5 Å². The van der Waals surface area contributed by atoms with E-state index in [1.54, 1.807) is 0 Å². The van der Waals surface area contributed by atoms with Gasteiger partial charge in [0.1, 0.15) is 5.16 Å². The maximum Gasteiger partial charge on any atom is 0.194 e. The van der Waals surface area contributed by atoms with Gasteiger partial charge < -0.3 is 5.73 Å². The molecule has 0 aliphatic heterocycles. The van der Waals surface area contributed by atoms with E-state index in [4.69, 9.17) is 28.9 Å². The zero-order valence-electron chi connectivity index (χ0n) is 4.64. The van der Waals surface area contributed by atoms with Gasteiger partial charge in [-0.3, -0.25) is 0 Å². The van der Waals surface area contributed by atoms with E-state index in [-0.39, 0.29) is 10.5 Å². The maximum absolute atomic E-state index is 5.41. The van der Waals surface area contributed by atoms with Crippen LogP contribution < -0.4 is 5.73 Å². The lowest BCUT2D eigenvalue weighted by atomic mass is 10.6. The average Bonchev–Trinajstić information content (AvgIpc) is 1.63. The maximum atomic E-state index is 5.41. The van der Waals surface area contributed by atoms with E-state index >= 15 is 0 Å². The monoisotopic (exact) mass is 164 g/mol. The molecule has 0 rings (SSSR count). The number of allylic oxidation sites excluding steroid dienone is 2. The number of nitrogens with zero attached hydrogens (tertiary/aromatic N) is 1. The molecule has 0 unspecified atom stereocenters. The van der Waals surface area contributed by atoms with Crippen molar-refractivity contribution in [3.63, 3.8) is 0 Å². The first-order chi connectivity index (χ1) is 4.16. The van der Waals surface area contributed by atoms with E-state index in [0.717, 1.165) is 0 Å². The first kappa shape index (κ1) is 8.53. The van der Waals surface area contributed by atoms with Crippen molar-refractivity contribution in [1.29, 1.82) is 0 Å². The SMILES string of the molecule is C=C/C=C(Cl)\N=C(/N)Cl. The van der Waals surface area contributed by atoms with Crippen LogP contribution in [0.5, 0.6) is 0 Å². The molecule has 0 atom stereocenters. The van der Waals surface area contributed by atoms with Crippen molar-refractivity contribution in [2.24, 2.45) is 10.7 Å². The molecule has 9 heavy (non-hydrogen) atoms. The quantitative estimate of drug-likeness (QED) is 0.288. The van der Waals surface area contributed by atoms with Crippen LogP contribution in [0.2, 0.25) is 0 Å². The number of halogens is 2. The van der Waals surface area contributed by atoms with Crippen LogP contribution in [0.25, 0.3) is 0 Å². The van der Waals surface area contributed by atoms with Crippen molar-refractivity contribution in [2.75, 3.05) is 0 Å². The Labute approximate surface area is 63.7 Å². The Bertz CT molecular complexity index is 156. The molecule has 0 heterocycles. The lowest BCUT2D eigenvalue weighted by Crippen LogP contribution is -2.00. The fourth-order valence-corrected chi connectivity index (χ4v) is 0.551. The van der Waals surface area contributed by atoms with Gasteiger partial charge in [-0.1, -0.05) is 24.3 Å². The van der Waals surface area contributed by atoms with Crippen LogP contribution in [0.1, 0.15) is 0 Å². The van der Waals surface area contributed by atoms with Gasteiger partial charge >= 0.3 is 0 Å². The number of hydrogen-bond acceptors (Lipinski definition) is 1. The molecule has 0 spiro atoms. The second-order valence-corrected chi connectivity index (χ2v) is 1.93. The zero-order valence-corrected chi connectivity index (χ0v) is 6.15. The molecule has 0 saturated heterocycles. The largest absolute Gasteiger partial charge is 0.374 e. The highest BCUT2D eigenvalue weighted by Gasteiger charge is 1.84. The number of rotatable bonds is 2. The van der Waals surface area contributed by atoms with Gasteiger partial charge in [0, 0.05) is 0 Å². The fourth-order valence-electron chi connectivity index (χ4n) is 0.237. The molecule has 0 bridgehead atoms. The zero-order chi connectivity index (χ0) is 7.28. The molecule has 2 N–H and O–H groups in total. The highest BCUT2D eigenvalue weighted by Crippen LogP contribution is 2.02. The second kappa shape index (κ2) is 4.41. The van der Waals surface area contributed by atoms with E-state index in [9.17, 15) is 0 Å². The summed E-state index contributed by atoms with van der Waals surface area (Å²) in [4.78, 5) is 3.48. The van der Waals surface area contributed by atoms with Crippen molar-refractivity contribution in [1.82, 2.24) is 0 Å². The average molecular weight is 165 g/mol. The molecule has 0 aromatic rings. The Morgan fingerprint density at radius 3 is 2.44 bits per heavy atom. The van der Waals surface area contributed by atoms with Gasteiger partial charge in [0.15, 0.2) is 5.29 Å². The minimum atomic E-state index is -0.0851. The third-order valence-corrected chi connectivity index (χ3v) is 0.764. The van der Waals surface area contributed by atoms with Gasteiger partial charge in [-0.15, -0.1) is 0 Å². The number of aliphatic imine (C=N–C) groups is 1. The molecular formula is C5H6Cl2N2. The molecule has 0 saturated carbocycles. The Morgan fingerprint density at radius 1 is 1.56 bits per heavy atom. The predicted molar refractivity (Wildman–Crippen MR) is 41.6 cm³/mol. The summed E-state index contributed by atoms with van der Waals surface area (Å²) in [6.45, 7) is 3.39. The number of amidine groups is 1. The molecule has 50 valence electrons. The molecule has 0 fully saturated rings. The summed E-state index contributed by atoms with van der Waals surface area (Å²) in [5, 5.41) is 0.135. The molecule has 0 aromatic carbocycles. The van der Waals surface area contributed by atoms with E-state index in [0.29, 0.717) is 0 Å². The van der Waals surface area contributed by atoms with Crippen LogP contribution in [-0.2, 0) is 0 Å². The summed E-state index contributed by atoms with van der Waals surface area (Å²) >= 11 is 10.6. The molecule has 0 amide bonds. The summed E-state index contributed by atoms with van der Waals surface area (Å²) < 4.78 is 0. The highest BCUT2D eigenvalue weighted by molar-refractivity contribution is 6.64. The first-order valence-corrected chi connectivity index (χ1v) is 2.90. The third kappa shape index (κ3) is 5.40. The minimum absolute atomic E-state index is 0.0851. The Balaban J connectivity index is 4.05. The standard InChI is InChI=1S/C5H6Cl2N2/c1-2-3-4(6)9-5(7)8/h2-3H,1H2,(H2,8,9)/b4-3-. The summed E-state index contributed by atoms with van der Waals surface area (Å²) in [6, 6.07) is 0. The van der Waals surface area contributed by atoms with Gasteiger partial charge in [0.2, 0.25) is 0 Å². The number of hydrogen-bond donors (Lipinski definition) is 1. The summed E-state index contributed by atoms with van der Waals surface area (Å²) in [5.41, 5.74) is 4.98. The summed E-state index contributed by atoms with van der Waals surface area (Å²) in [6.07, 6.45) is 2.97. The summed E-state index contributed by atoms with van der Waals surface area (Å²) in [5.74, 6) is 0. The second-order valence-electron chi connectivity index (χ2n) is 1.16. The van der Waals surface area contributed by atoms with E-state index in [1.807, 2.05) is 0 Å². The fraction of sp³-hybridized carbons (Fsp3) is 0. The lowest BCUT2D eigenvalue weighted by Gasteiger charge is -1.84. The molecule has 2 nitrogen and oxygen atoms in total. The molecule has 4 heteroatoms. The van der Waals surface area contributed by atoms with Gasteiger partial charge in [0.25, 0.3) is 0 Å². The first-order valence-electron chi connectivity index (χ1n) is 2.14. The third-order valence-electron chi connectivity index (χ3n) is 0.469. The van der Waals surface area contributed by atoms with Gasteiger partial charge in [0.05, 0.1) is 0 Å². The van der Waals surface area contributed by atoms with Crippen LogP contribution in [0, 0.1) is 0 Å². The molecule has 0 radical (unpaired) electrons. The van der Waals surface area contributed by atoms with E-state index in [2.05, 4.69) is 11.6 Å². The molecule has 0 aliphatic rings. The van der Waals surface area contributed by atoms with Crippen LogP contribution >= 0.6 is 23.2 Å². The van der Waals surface area contributed by atoms with Crippen molar-refractivity contribution in [3.05, 3.63) is 23.9 Å².